The van der Waals surface area contributed by atoms with E-state index in [9.17, 15) is 27.6 Å². The summed E-state index contributed by atoms with van der Waals surface area (Å²) in [6, 6.07) is 14.7. The van der Waals surface area contributed by atoms with Gasteiger partial charge in [0.2, 0.25) is 0 Å². The van der Waals surface area contributed by atoms with E-state index in [0.717, 1.165) is 10.6 Å². The van der Waals surface area contributed by atoms with Crippen LogP contribution in [0.4, 0.5) is 28.0 Å². The first-order valence-electron chi connectivity index (χ1n) is 14.4. The van der Waals surface area contributed by atoms with Crippen molar-refractivity contribution in [2.75, 3.05) is 33.1 Å². The Morgan fingerprint density at radius 2 is 1.70 bits per heavy atom. The predicted molar refractivity (Wildman–Crippen MR) is 168 cm³/mol. The maximum atomic E-state index is 15.6. The van der Waals surface area contributed by atoms with Gasteiger partial charge in [0.1, 0.15) is 5.39 Å². The van der Waals surface area contributed by atoms with E-state index in [1.807, 2.05) is 0 Å². The molecule has 15 heteroatoms. The molecule has 5 rings (SSSR count). The standard InChI is InChI=1S/C32H31F4N7O4/c1-5-37-30(45)38-20-13-15-21(16-14-20)43-24(18-40(2)3)26-28(39-43)41(17-19-9-6-7-10-22(19)32(34,35)36)31(46)42(29(26)44)23-11-8-12-25(47-4)27(23)33/h6-16H,5,17-18H2,1-4H3,(H2,37,38,45). The third kappa shape index (κ3) is 6.47. The Morgan fingerprint density at radius 1 is 1.00 bits per heavy atom. The molecule has 47 heavy (non-hydrogen) atoms. The van der Waals surface area contributed by atoms with Gasteiger partial charge in [0.05, 0.1) is 36.3 Å². The monoisotopic (exact) mass is 653 g/mol. The van der Waals surface area contributed by atoms with E-state index < -0.39 is 47.1 Å². The highest BCUT2D eigenvalue weighted by Crippen LogP contribution is 2.33. The van der Waals surface area contributed by atoms with Gasteiger partial charge in [0.25, 0.3) is 5.56 Å². The van der Waals surface area contributed by atoms with Crippen molar-refractivity contribution in [2.24, 2.45) is 0 Å². The highest BCUT2D eigenvalue weighted by Gasteiger charge is 2.34. The van der Waals surface area contributed by atoms with Crippen molar-refractivity contribution in [3.05, 3.63) is 110 Å². The lowest BCUT2D eigenvalue weighted by atomic mass is 10.1. The topological polar surface area (TPSA) is 115 Å². The number of carbonyl (C=O) groups excluding carboxylic acids is 1. The Kier molecular flexibility index (Phi) is 9.19. The molecule has 0 unspecified atom stereocenters. The van der Waals surface area contributed by atoms with Crippen LogP contribution in [0.1, 0.15) is 23.7 Å². The Morgan fingerprint density at radius 3 is 2.34 bits per heavy atom. The third-order valence-corrected chi connectivity index (χ3v) is 7.29. The molecule has 2 N–H and O–H groups in total. The summed E-state index contributed by atoms with van der Waals surface area (Å²) in [5.74, 6) is -1.25. The number of benzene rings is 3. The number of carbonyl (C=O) groups is 1. The highest BCUT2D eigenvalue weighted by atomic mass is 19.4. The number of aromatic nitrogens is 4. The van der Waals surface area contributed by atoms with Crippen LogP contribution in [0.5, 0.6) is 5.75 Å². The van der Waals surface area contributed by atoms with E-state index in [-0.39, 0.29) is 34.6 Å². The number of hydrogen-bond acceptors (Lipinski definition) is 6. The SMILES string of the molecule is CCNC(=O)Nc1ccc(-n2nc3c(c2CN(C)C)c(=O)n(-c2cccc(OC)c2F)c(=O)n3Cc2ccccc2C(F)(F)F)cc1. The number of nitrogens with zero attached hydrogens (tertiary/aromatic N) is 5. The molecular weight excluding hydrogens is 622 g/mol. The first-order chi connectivity index (χ1) is 22.3. The van der Waals surface area contributed by atoms with Crippen LogP contribution in [-0.2, 0) is 19.3 Å². The molecule has 0 aliphatic heterocycles. The van der Waals surface area contributed by atoms with Crippen molar-refractivity contribution in [3.8, 4) is 17.1 Å². The zero-order valence-corrected chi connectivity index (χ0v) is 25.9. The number of ether oxygens (including phenoxy) is 1. The average molecular weight is 654 g/mol. The molecule has 0 bridgehead atoms. The van der Waals surface area contributed by atoms with Crippen LogP contribution in [0.25, 0.3) is 22.4 Å². The summed E-state index contributed by atoms with van der Waals surface area (Å²) in [7, 11) is 4.69. The molecule has 246 valence electrons. The summed E-state index contributed by atoms with van der Waals surface area (Å²) in [6.07, 6.45) is -4.74. The Bertz CT molecular complexity index is 2070. The number of fused-ring (bicyclic) bond motifs is 1. The number of alkyl halides is 3. The van der Waals surface area contributed by atoms with E-state index in [2.05, 4.69) is 15.7 Å². The van der Waals surface area contributed by atoms with Gasteiger partial charge < -0.3 is 20.3 Å². The normalized spacial score (nSPS) is 11.7. The average Bonchev–Trinajstić information content (AvgIpc) is 3.38. The number of hydrogen-bond donors (Lipinski definition) is 2. The van der Waals surface area contributed by atoms with Crippen LogP contribution in [0.2, 0.25) is 0 Å². The lowest BCUT2D eigenvalue weighted by Crippen LogP contribution is -2.40. The molecule has 2 heterocycles. The van der Waals surface area contributed by atoms with E-state index in [0.29, 0.717) is 22.5 Å². The van der Waals surface area contributed by atoms with Crippen molar-refractivity contribution in [1.29, 1.82) is 0 Å². The van der Waals surface area contributed by atoms with Gasteiger partial charge in [-0.25, -0.2) is 23.2 Å². The quantitative estimate of drug-likeness (QED) is 0.222. The Labute approximate surface area is 265 Å². The molecule has 0 radical (unpaired) electrons. The second kappa shape index (κ2) is 13.1. The molecule has 0 fully saturated rings. The summed E-state index contributed by atoms with van der Waals surface area (Å²) >= 11 is 0. The lowest BCUT2D eigenvalue weighted by molar-refractivity contribution is -0.138. The summed E-state index contributed by atoms with van der Waals surface area (Å²) < 4.78 is 65.7. The summed E-state index contributed by atoms with van der Waals surface area (Å²) in [5.41, 5.74) is -2.73. The number of rotatable bonds is 9. The number of anilines is 1. The van der Waals surface area contributed by atoms with Crippen LogP contribution in [0.15, 0.2) is 76.3 Å². The molecule has 2 amide bonds. The van der Waals surface area contributed by atoms with Crippen molar-refractivity contribution >= 4 is 22.8 Å². The molecule has 0 atom stereocenters. The molecule has 0 aliphatic carbocycles. The van der Waals surface area contributed by atoms with Crippen LogP contribution in [0, 0.1) is 5.82 Å². The Hall–Kier alpha value is -5.44. The van der Waals surface area contributed by atoms with Crippen LogP contribution >= 0.6 is 0 Å². The van der Waals surface area contributed by atoms with Crippen LogP contribution < -0.4 is 26.6 Å². The fraction of sp³-hybridized carbons (Fsp3) is 0.250. The number of urea groups is 1. The maximum Gasteiger partial charge on any atom is 0.416 e. The molecule has 0 saturated carbocycles. The van der Waals surface area contributed by atoms with E-state index in [4.69, 9.17) is 4.74 Å². The largest absolute Gasteiger partial charge is 0.494 e. The van der Waals surface area contributed by atoms with Gasteiger partial charge in [-0.2, -0.15) is 13.2 Å². The molecule has 0 saturated heterocycles. The number of methoxy groups -OCH3 is 1. The summed E-state index contributed by atoms with van der Waals surface area (Å²) in [5, 5.41) is 9.80. The maximum absolute atomic E-state index is 15.6. The van der Waals surface area contributed by atoms with E-state index in [1.165, 1.54) is 48.2 Å². The molecule has 3 aromatic carbocycles. The van der Waals surface area contributed by atoms with Crippen molar-refractivity contribution in [1.82, 2.24) is 29.1 Å². The molecule has 2 aromatic heterocycles. The molecular formula is C32H31F4N7O4. The smallest absolute Gasteiger partial charge is 0.416 e. The van der Waals surface area contributed by atoms with Gasteiger partial charge in [0.15, 0.2) is 17.2 Å². The summed E-state index contributed by atoms with van der Waals surface area (Å²) in [6.45, 7) is 1.66. The summed E-state index contributed by atoms with van der Waals surface area (Å²) in [4.78, 5) is 42.1. The van der Waals surface area contributed by atoms with Gasteiger partial charge in [0, 0.05) is 18.8 Å². The zero-order chi connectivity index (χ0) is 34.0. The highest BCUT2D eigenvalue weighted by molar-refractivity contribution is 5.89. The van der Waals surface area contributed by atoms with Gasteiger partial charge in [-0.15, -0.1) is 5.10 Å². The fourth-order valence-electron chi connectivity index (χ4n) is 5.23. The van der Waals surface area contributed by atoms with Crippen LogP contribution in [-0.4, -0.2) is 57.6 Å². The Balaban J connectivity index is 1.83. The van der Waals surface area contributed by atoms with Crippen molar-refractivity contribution in [3.63, 3.8) is 0 Å². The zero-order valence-electron chi connectivity index (χ0n) is 25.9. The van der Waals surface area contributed by atoms with Gasteiger partial charge in [-0.1, -0.05) is 24.3 Å². The second-order valence-corrected chi connectivity index (χ2v) is 10.8. The third-order valence-electron chi connectivity index (χ3n) is 7.29. The van der Waals surface area contributed by atoms with Gasteiger partial charge in [-0.3, -0.25) is 9.36 Å². The minimum absolute atomic E-state index is 0.0998. The number of amides is 2. The van der Waals surface area contributed by atoms with Gasteiger partial charge >= 0.3 is 17.9 Å². The number of halogens is 4. The molecule has 0 aliphatic rings. The van der Waals surface area contributed by atoms with Crippen LogP contribution in [0.3, 0.4) is 0 Å². The molecule has 5 aromatic rings. The lowest BCUT2D eigenvalue weighted by Gasteiger charge is -2.16. The molecule has 11 nitrogen and oxygen atoms in total. The minimum Gasteiger partial charge on any atom is -0.494 e. The fourth-order valence-corrected chi connectivity index (χ4v) is 5.23. The number of nitrogens with one attached hydrogen (secondary N) is 2. The molecule has 0 spiro atoms. The van der Waals surface area contributed by atoms with Gasteiger partial charge in [-0.05, 0) is 69.0 Å². The van der Waals surface area contributed by atoms with E-state index in [1.54, 1.807) is 50.2 Å². The van der Waals surface area contributed by atoms with Crippen molar-refractivity contribution < 1.29 is 27.1 Å². The predicted octanol–water partition coefficient (Wildman–Crippen LogP) is 4.76. The van der Waals surface area contributed by atoms with Crippen molar-refractivity contribution in [2.45, 2.75) is 26.2 Å². The first-order valence-corrected chi connectivity index (χ1v) is 14.4. The minimum atomic E-state index is -4.74. The second-order valence-electron chi connectivity index (χ2n) is 10.8. The van der Waals surface area contributed by atoms with E-state index >= 15 is 4.39 Å². The first kappa shape index (κ1) is 32.9.